The molecule has 1 aliphatic carbocycles. The number of aryl methyl sites for hydroxylation is 1. The van der Waals surface area contributed by atoms with Crippen molar-refractivity contribution in [1.29, 1.82) is 5.26 Å². The Morgan fingerprint density at radius 2 is 1.85 bits per heavy atom. The van der Waals surface area contributed by atoms with Crippen LogP contribution in [0.1, 0.15) is 72.4 Å². The summed E-state index contributed by atoms with van der Waals surface area (Å²) in [7, 11) is 0. The van der Waals surface area contributed by atoms with Crippen molar-refractivity contribution in [3.63, 3.8) is 0 Å². The number of piperazine rings is 1. The average Bonchev–Trinajstić information content (AvgIpc) is 3.33. The van der Waals surface area contributed by atoms with Crippen molar-refractivity contribution in [2.24, 2.45) is 0 Å². The summed E-state index contributed by atoms with van der Waals surface area (Å²) in [5, 5.41) is 10.3. The van der Waals surface area contributed by atoms with E-state index in [0.717, 1.165) is 105 Å². The van der Waals surface area contributed by atoms with Crippen LogP contribution in [-0.2, 0) is 16.6 Å². The van der Waals surface area contributed by atoms with Gasteiger partial charge in [-0.1, -0.05) is 33.8 Å². The van der Waals surface area contributed by atoms with Crippen molar-refractivity contribution in [2.75, 3.05) is 63.9 Å². The highest BCUT2D eigenvalue weighted by Gasteiger charge is 2.41. The Kier molecular flexibility index (Phi) is 7.20. The van der Waals surface area contributed by atoms with Gasteiger partial charge in [-0.25, -0.2) is 0 Å². The standard InChI is InChI=1S/C33H41N5O2/c1-5-36(6-2)11-7-8-23-17-26-27(18-29(23)38-14-12-37(13-15-38)24-20-40-21-24)33(3,4)32-30(31(26)39)25-10-9-22(19-34)16-28(25)35-32/h9-10,16-18,24,35H,5-8,11-15,20-21H2,1-4H3. The van der Waals surface area contributed by atoms with Gasteiger partial charge in [-0.15, -0.1) is 0 Å². The number of aromatic amines is 1. The lowest BCUT2D eigenvalue weighted by atomic mass is 9.70. The third-order valence-electron chi connectivity index (χ3n) is 9.52. The van der Waals surface area contributed by atoms with Crippen LogP contribution in [0.25, 0.3) is 10.9 Å². The second kappa shape index (κ2) is 10.7. The minimum absolute atomic E-state index is 0.0895. The van der Waals surface area contributed by atoms with Gasteiger partial charge in [0.05, 0.1) is 36.5 Å². The molecule has 0 saturated carbocycles. The molecule has 210 valence electrons. The molecule has 2 saturated heterocycles. The van der Waals surface area contributed by atoms with Crippen LogP contribution in [0.2, 0.25) is 0 Å². The number of nitriles is 1. The number of H-pyrrole nitrogens is 1. The third-order valence-corrected chi connectivity index (χ3v) is 9.52. The van der Waals surface area contributed by atoms with Crippen molar-refractivity contribution in [2.45, 2.75) is 52.0 Å². The number of ether oxygens (including phenoxy) is 1. The number of anilines is 1. The second-order valence-corrected chi connectivity index (χ2v) is 12.1. The van der Waals surface area contributed by atoms with Gasteiger partial charge >= 0.3 is 0 Å². The fourth-order valence-electron chi connectivity index (χ4n) is 6.87. The fourth-order valence-corrected chi connectivity index (χ4v) is 6.87. The van der Waals surface area contributed by atoms with Crippen molar-refractivity contribution in [3.8, 4) is 6.07 Å². The second-order valence-electron chi connectivity index (χ2n) is 12.1. The minimum atomic E-state index is -0.371. The van der Waals surface area contributed by atoms with Crippen molar-refractivity contribution in [3.05, 3.63) is 63.8 Å². The van der Waals surface area contributed by atoms with Crippen LogP contribution >= 0.6 is 0 Å². The van der Waals surface area contributed by atoms with Crippen LogP contribution < -0.4 is 4.90 Å². The molecule has 2 fully saturated rings. The lowest BCUT2D eigenvalue weighted by molar-refractivity contribution is -0.0660. The van der Waals surface area contributed by atoms with E-state index in [-0.39, 0.29) is 11.2 Å². The Hall–Kier alpha value is -3.18. The summed E-state index contributed by atoms with van der Waals surface area (Å²) in [5.74, 6) is 0.0895. The molecule has 7 heteroatoms. The molecule has 1 N–H and O–H groups in total. The fraction of sp³-hybridized carbons (Fsp3) is 0.515. The molecule has 3 aromatic rings. The van der Waals surface area contributed by atoms with Crippen molar-refractivity contribution < 1.29 is 9.53 Å². The molecule has 0 atom stereocenters. The van der Waals surface area contributed by atoms with E-state index in [2.05, 4.69) is 65.6 Å². The molecule has 0 spiro atoms. The number of rotatable bonds is 8. The Morgan fingerprint density at radius 1 is 1.10 bits per heavy atom. The zero-order valence-corrected chi connectivity index (χ0v) is 24.3. The highest BCUT2D eigenvalue weighted by molar-refractivity contribution is 6.20. The first-order valence-corrected chi connectivity index (χ1v) is 14.9. The van der Waals surface area contributed by atoms with Crippen LogP contribution in [0.3, 0.4) is 0 Å². The van der Waals surface area contributed by atoms with E-state index in [1.54, 1.807) is 0 Å². The van der Waals surface area contributed by atoms with Gasteiger partial charge in [-0.05, 0) is 67.9 Å². The number of hydrogen-bond donors (Lipinski definition) is 1. The van der Waals surface area contributed by atoms with E-state index in [0.29, 0.717) is 11.6 Å². The molecule has 0 amide bonds. The summed E-state index contributed by atoms with van der Waals surface area (Å²) < 4.78 is 5.45. The Bertz CT molecular complexity index is 1470. The highest BCUT2D eigenvalue weighted by Crippen LogP contribution is 2.46. The smallest absolute Gasteiger partial charge is 0.195 e. The van der Waals surface area contributed by atoms with E-state index in [1.807, 2.05) is 18.2 Å². The van der Waals surface area contributed by atoms with Gasteiger partial charge in [0.25, 0.3) is 0 Å². The molecule has 7 nitrogen and oxygen atoms in total. The Labute approximate surface area is 237 Å². The molecule has 2 aliphatic heterocycles. The molecule has 2 aromatic carbocycles. The molecule has 0 radical (unpaired) electrons. The minimum Gasteiger partial charge on any atom is -0.378 e. The van der Waals surface area contributed by atoms with E-state index in [4.69, 9.17) is 4.74 Å². The first-order chi connectivity index (χ1) is 19.3. The number of ketones is 1. The summed E-state index contributed by atoms with van der Waals surface area (Å²) in [6.45, 7) is 17.8. The first-order valence-electron chi connectivity index (χ1n) is 14.9. The van der Waals surface area contributed by atoms with Crippen LogP contribution in [0.5, 0.6) is 0 Å². The monoisotopic (exact) mass is 539 g/mol. The number of hydrogen-bond acceptors (Lipinski definition) is 6. The van der Waals surface area contributed by atoms with Gasteiger partial charge in [0.1, 0.15) is 0 Å². The van der Waals surface area contributed by atoms with Crippen LogP contribution in [0.4, 0.5) is 5.69 Å². The maximum absolute atomic E-state index is 14.2. The number of aromatic nitrogens is 1. The largest absolute Gasteiger partial charge is 0.378 e. The van der Waals surface area contributed by atoms with E-state index in [1.165, 1.54) is 11.3 Å². The van der Waals surface area contributed by atoms with Crippen LogP contribution in [0.15, 0.2) is 30.3 Å². The average molecular weight is 540 g/mol. The number of fused-ring (bicyclic) bond motifs is 4. The topological polar surface area (TPSA) is 75.6 Å². The summed E-state index contributed by atoms with van der Waals surface area (Å²) in [5.41, 5.74) is 7.28. The van der Waals surface area contributed by atoms with Gasteiger partial charge in [0, 0.05) is 59.4 Å². The summed E-state index contributed by atoms with van der Waals surface area (Å²) in [4.78, 5) is 25.3. The lowest BCUT2D eigenvalue weighted by Gasteiger charge is -2.44. The molecule has 0 bridgehead atoms. The lowest BCUT2D eigenvalue weighted by Crippen LogP contribution is -2.56. The normalized spacial score (nSPS) is 19.0. The van der Waals surface area contributed by atoms with E-state index < -0.39 is 0 Å². The number of benzene rings is 2. The molecule has 0 unspecified atom stereocenters. The highest BCUT2D eigenvalue weighted by atomic mass is 16.5. The Balaban J connectivity index is 1.39. The van der Waals surface area contributed by atoms with Crippen LogP contribution in [0, 0.1) is 11.3 Å². The zero-order chi connectivity index (χ0) is 28.0. The quantitative estimate of drug-likeness (QED) is 0.447. The maximum Gasteiger partial charge on any atom is 0.195 e. The SMILES string of the molecule is CCN(CC)CCCc1cc2c(cc1N1CCN(C3COC3)CC1)C(C)(C)c1[nH]c3cc(C#N)ccc3c1C2=O. The number of carbonyl (C=O) groups excluding carboxylic acids is 1. The molecular formula is C33H41N5O2. The van der Waals surface area contributed by atoms with Gasteiger partial charge in [-0.3, -0.25) is 9.69 Å². The predicted molar refractivity (Wildman–Crippen MR) is 160 cm³/mol. The molecule has 3 aliphatic rings. The number of nitrogens with zero attached hydrogens (tertiary/aromatic N) is 4. The van der Waals surface area contributed by atoms with Gasteiger partial charge in [0.15, 0.2) is 5.78 Å². The van der Waals surface area contributed by atoms with E-state index >= 15 is 0 Å². The summed E-state index contributed by atoms with van der Waals surface area (Å²) in [6, 6.07) is 12.9. The molecule has 40 heavy (non-hydrogen) atoms. The molecule has 1 aromatic heterocycles. The Morgan fingerprint density at radius 3 is 2.50 bits per heavy atom. The predicted octanol–water partition coefficient (Wildman–Crippen LogP) is 4.71. The number of nitrogens with one attached hydrogen (secondary N) is 1. The first kappa shape index (κ1) is 27.0. The summed E-state index contributed by atoms with van der Waals surface area (Å²) in [6.07, 6.45) is 2.02. The third kappa shape index (κ3) is 4.52. The molecule has 3 heterocycles. The molecular weight excluding hydrogens is 498 g/mol. The van der Waals surface area contributed by atoms with Gasteiger partial charge in [0.2, 0.25) is 0 Å². The van der Waals surface area contributed by atoms with Gasteiger partial charge < -0.3 is 19.5 Å². The van der Waals surface area contributed by atoms with Crippen molar-refractivity contribution in [1.82, 2.24) is 14.8 Å². The van der Waals surface area contributed by atoms with Gasteiger partial charge in [-0.2, -0.15) is 5.26 Å². The van der Waals surface area contributed by atoms with E-state index in [9.17, 15) is 10.1 Å². The van der Waals surface area contributed by atoms with Crippen LogP contribution in [-0.4, -0.2) is 85.6 Å². The molecule has 6 rings (SSSR count). The number of carbonyl (C=O) groups is 1. The summed E-state index contributed by atoms with van der Waals surface area (Å²) >= 11 is 0. The zero-order valence-electron chi connectivity index (χ0n) is 24.3. The maximum atomic E-state index is 14.2. The van der Waals surface area contributed by atoms with Crippen molar-refractivity contribution >= 4 is 22.4 Å².